The second kappa shape index (κ2) is 6.78. The van der Waals surface area contributed by atoms with Crippen LogP contribution in [0.3, 0.4) is 0 Å². The maximum atomic E-state index is 8.72. The molecule has 1 aliphatic rings. The molecule has 1 rings (SSSR count). The van der Waals surface area contributed by atoms with Gasteiger partial charge in [-0.25, -0.2) is 0 Å². The monoisotopic (exact) mass is 212 g/mol. The molecule has 0 radical (unpaired) electrons. The molecule has 0 aliphatic carbocycles. The van der Waals surface area contributed by atoms with Crippen LogP contribution in [0.15, 0.2) is 0 Å². The van der Waals surface area contributed by atoms with Crippen molar-refractivity contribution in [1.29, 1.82) is 5.26 Å². The van der Waals surface area contributed by atoms with Gasteiger partial charge in [-0.15, -0.1) is 0 Å². The van der Waals surface area contributed by atoms with E-state index >= 15 is 0 Å². The lowest BCUT2D eigenvalue weighted by Crippen LogP contribution is -2.43. The molecule has 0 aromatic carbocycles. The molecule has 1 heterocycles. The Kier molecular flexibility index (Phi) is 5.62. The van der Waals surface area contributed by atoms with Gasteiger partial charge in [0.05, 0.1) is 19.3 Å². The number of nitrogens with zero attached hydrogens (tertiary/aromatic N) is 2. The summed E-state index contributed by atoms with van der Waals surface area (Å²) in [6, 6.07) is 2.14. The van der Waals surface area contributed by atoms with Gasteiger partial charge in [-0.1, -0.05) is 13.8 Å². The number of hydrogen-bond donors (Lipinski definition) is 0. The van der Waals surface area contributed by atoms with E-state index in [0.29, 0.717) is 19.1 Å². The summed E-state index contributed by atoms with van der Waals surface area (Å²) in [6.07, 6.45) is -0.260. The first-order chi connectivity index (χ1) is 7.22. The highest BCUT2D eigenvalue weighted by molar-refractivity contribution is 4.89. The van der Waals surface area contributed by atoms with Gasteiger partial charge in [0.15, 0.2) is 6.10 Å². The van der Waals surface area contributed by atoms with Crippen LogP contribution in [0.1, 0.15) is 13.8 Å². The third kappa shape index (κ3) is 5.12. The minimum atomic E-state index is -0.260. The van der Waals surface area contributed by atoms with Crippen LogP contribution >= 0.6 is 0 Å². The molecule has 4 heteroatoms. The summed E-state index contributed by atoms with van der Waals surface area (Å²) in [5, 5.41) is 8.72. The average molecular weight is 212 g/mol. The number of nitriles is 1. The summed E-state index contributed by atoms with van der Waals surface area (Å²) in [5.41, 5.74) is 0. The van der Waals surface area contributed by atoms with Crippen molar-refractivity contribution in [2.75, 3.05) is 39.5 Å². The van der Waals surface area contributed by atoms with Crippen molar-refractivity contribution in [2.45, 2.75) is 20.0 Å². The normalized spacial score (nSPS) is 22.9. The van der Waals surface area contributed by atoms with E-state index in [4.69, 9.17) is 14.7 Å². The number of morpholine rings is 1. The Morgan fingerprint density at radius 2 is 2.40 bits per heavy atom. The van der Waals surface area contributed by atoms with Crippen LogP contribution in [0.5, 0.6) is 0 Å². The van der Waals surface area contributed by atoms with Gasteiger partial charge < -0.3 is 9.47 Å². The van der Waals surface area contributed by atoms with Crippen LogP contribution in [-0.4, -0.2) is 50.5 Å². The van der Waals surface area contributed by atoms with Gasteiger partial charge >= 0.3 is 0 Å². The second-order valence-corrected chi connectivity index (χ2v) is 4.26. The fraction of sp³-hybridized carbons (Fsp3) is 0.909. The molecule has 0 amide bonds. The molecular formula is C11H20N2O2. The molecular weight excluding hydrogens is 192 g/mol. The molecule has 0 aromatic heterocycles. The molecule has 4 nitrogen and oxygen atoms in total. The highest BCUT2D eigenvalue weighted by atomic mass is 16.5. The summed E-state index contributed by atoms with van der Waals surface area (Å²) in [7, 11) is 0. The van der Waals surface area contributed by atoms with Crippen molar-refractivity contribution in [3.8, 4) is 6.07 Å². The molecule has 0 saturated carbocycles. The Balaban J connectivity index is 2.08. The Hall–Kier alpha value is -0.630. The van der Waals surface area contributed by atoms with Crippen LogP contribution in [0.4, 0.5) is 0 Å². The van der Waals surface area contributed by atoms with Crippen LogP contribution < -0.4 is 0 Å². The summed E-state index contributed by atoms with van der Waals surface area (Å²) < 4.78 is 10.8. The molecule has 0 spiro atoms. The minimum absolute atomic E-state index is 0.260. The zero-order valence-electron chi connectivity index (χ0n) is 9.61. The second-order valence-electron chi connectivity index (χ2n) is 4.26. The predicted molar refractivity (Wildman–Crippen MR) is 57.5 cm³/mol. The van der Waals surface area contributed by atoms with Crippen LogP contribution in [0.2, 0.25) is 0 Å². The van der Waals surface area contributed by atoms with E-state index in [1.165, 1.54) is 0 Å². The van der Waals surface area contributed by atoms with Gasteiger partial charge in [-0.2, -0.15) is 5.26 Å². The van der Waals surface area contributed by atoms with Crippen LogP contribution in [0, 0.1) is 17.2 Å². The fourth-order valence-electron chi connectivity index (χ4n) is 1.50. The summed E-state index contributed by atoms with van der Waals surface area (Å²) in [4.78, 5) is 2.22. The van der Waals surface area contributed by atoms with E-state index in [9.17, 15) is 0 Å². The topological polar surface area (TPSA) is 45.5 Å². The summed E-state index contributed by atoms with van der Waals surface area (Å²) in [5.74, 6) is 0.585. The van der Waals surface area contributed by atoms with Gasteiger partial charge in [0.1, 0.15) is 0 Å². The summed E-state index contributed by atoms with van der Waals surface area (Å²) >= 11 is 0. The van der Waals surface area contributed by atoms with Gasteiger partial charge in [0, 0.05) is 26.2 Å². The SMILES string of the molecule is CC(C)COCCN1CCOC(C#N)C1. The molecule has 86 valence electrons. The Labute approximate surface area is 91.8 Å². The molecule has 0 bridgehead atoms. The lowest BCUT2D eigenvalue weighted by Gasteiger charge is -2.29. The molecule has 15 heavy (non-hydrogen) atoms. The molecule has 1 atom stereocenters. The quantitative estimate of drug-likeness (QED) is 0.635. The van der Waals surface area contributed by atoms with Gasteiger partial charge in [-0.05, 0) is 5.92 Å². The number of ether oxygens (including phenoxy) is 2. The van der Waals surface area contributed by atoms with Crippen molar-refractivity contribution >= 4 is 0 Å². The van der Waals surface area contributed by atoms with E-state index in [-0.39, 0.29) is 6.10 Å². The number of hydrogen-bond acceptors (Lipinski definition) is 4. The average Bonchev–Trinajstić information content (AvgIpc) is 2.24. The Morgan fingerprint density at radius 3 is 3.07 bits per heavy atom. The maximum absolute atomic E-state index is 8.72. The fourth-order valence-corrected chi connectivity index (χ4v) is 1.50. The molecule has 0 aromatic rings. The van der Waals surface area contributed by atoms with Crippen molar-refractivity contribution in [2.24, 2.45) is 5.92 Å². The summed E-state index contributed by atoms with van der Waals surface area (Å²) in [6.45, 7) is 9.00. The molecule has 1 aliphatic heterocycles. The van der Waals surface area contributed by atoms with Crippen LogP contribution in [0.25, 0.3) is 0 Å². The first-order valence-electron chi connectivity index (χ1n) is 5.53. The van der Waals surface area contributed by atoms with E-state index in [1.54, 1.807) is 0 Å². The Bertz CT molecular complexity index is 213. The van der Waals surface area contributed by atoms with Gasteiger partial charge in [0.25, 0.3) is 0 Å². The molecule has 1 fully saturated rings. The number of rotatable bonds is 5. The third-order valence-corrected chi connectivity index (χ3v) is 2.30. The lowest BCUT2D eigenvalue weighted by atomic mass is 10.2. The predicted octanol–water partition coefficient (Wildman–Crippen LogP) is 0.883. The van der Waals surface area contributed by atoms with Gasteiger partial charge in [-0.3, -0.25) is 4.90 Å². The highest BCUT2D eigenvalue weighted by Crippen LogP contribution is 2.03. The smallest absolute Gasteiger partial charge is 0.156 e. The van der Waals surface area contributed by atoms with E-state index in [1.807, 2.05) is 0 Å². The Morgan fingerprint density at radius 1 is 1.60 bits per heavy atom. The van der Waals surface area contributed by atoms with E-state index in [2.05, 4.69) is 24.8 Å². The van der Waals surface area contributed by atoms with E-state index in [0.717, 1.165) is 26.3 Å². The van der Waals surface area contributed by atoms with Crippen molar-refractivity contribution in [3.05, 3.63) is 0 Å². The first kappa shape index (κ1) is 12.4. The van der Waals surface area contributed by atoms with Crippen molar-refractivity contribution in [1.82, 2.24) is 4.90 Å². The van der Waals surface area contributed by atoms with Crippen LogP contribution in [-0.2, 0) is 9.47 Å². The third-order valence-electron chi connectivity index (χ3n) is 2.30. The van der Waals surface area contributed by atoms with Gasteiger partial charge in [0.2, 0.25) is 0 Å². The maximum Gasteiger partial charge on any atom is 0.156 e. The zero-order chi connectivity index (χ0) is 11.1. The zero-order valence-corrected chi connectivity index (χ0v) is 9.61. The highest BCUT2D eigenvalue weighted by Gasteiger charge is 2.19. The molecule has 0 N–H and O–H groups in total. The molecule has 1 saturated heterocycles. The largest absolute Gasteiger partial charge is 0.380 e. The minimum Gasteiger partial charge on any atom is -0.380 e. The van der Waals surface area contributed by atoms with Crippen molar-refractivity contribution < 1.29 is 9.47 Å². The lowest BCUT2D eigenvalue weighted by molar-refractivity contribution is -0.0121. The first-order valence-corrected chi connectivity index (χ1v) is 5.53. The molecule has 1 unspecified atom stereocenters. The van der Waals surface area contributed by atoms with Crippen molar-refractivity contribution in [3.63, 3.8) is 0 Å². The standard InChI is InChI=1S/C11H20N2O2/c1-10(2)9-14-5-3-13-4-6-15-11(7-12)8-13/h10-11H,3-6,8-9H2,1-2H3. The van der Waals surface area contributed by atoms with E-state index < -0.39 is 0 Å².